The topological polar surface area (TPSA) is 157 Å². The Balaban J connectivity index is 2.58. The van der Waals surface area contributed by atoms with E-state index in [0.717, 1.165) is 0 Å². The summed E-state index contributed by atoms with van der Waals surface area (Å²) in [6, 6.07) is 7.07. The summed E-state index contributed by atoms with van der Waals surface area (Å²) in [6.45, 7) is 11.4. The Morgan fingerprint density at radius 2 is 1.46 bits per heavy atom. The summed E-state index contributed by atoms with van der Waals surface area (Å²) in [7, 11) is -2.20. The second kappa shape index (κ2) is 12.1. The summed E-state index contributed by atoms with van der Waals surface area (Å²) >= 11 is 0. The number of carbonyl (C=O) groups excluding carboxylic acids is 1. The van der Waals surface area contributed by atoms with Crippen molar-refractivity contribution < 1.29 is 48.4 Å². The predicted octanol–water partition coefficient (Wildman–Crippen LogP) is 4.35. The van der Waals surface area contributed by atoms with Crippen LogP contribution in [0.1, 0.15) is 58.6 Å². The molecule has 1 aromatic rings. The van der Waals surface area contributed by atoms with Crippen LogP contribution in [0.3, 0.4) is 0 Å². The lowest BCUT2D eigenvalue weighted by Crippen LogP contribution is -2.48. The van der Waals surface area contributed by atoms with Gasteiger partial charge in [0.25, 0.3) is 0 Å². The average molecular weight is 539 g/mol. The first kappa shape index (κ1) is 30.3. The largest absolute Gasteiger partial charge is 0.543 e. The first-order valence-corrected chi connectivity index (χ1v) is 15.2. The van der Waals surface area contributed by atoms with Gasteiger partial charge in [0.2, 0.25) is 8.32 Å². The van der Waals surface area contributed by atoms with E-state index in [1.165, 1.54) is 6.92 Å². The minimum absolute atomic E-state index is 0.0675. The highest BCUT2D eigenvalue weighted by atomic mass is 28.4. The Hall–Kier alpha value is -2.92. The quantitative estimate of drug-likeness (QED) is 0.273. The number of hydrogen-bond acceptors (Lipinski definition) is 7. The maximum Gasteiger partial charge on any atom is 0.303 e. The van der Waals surface area contributed by atoms with Gasteiger partial charge in [-0.15, -0.1) is 0 Å². The van der Waals surface area contributed by atoms with Gasteiger partial charge in [-0.1, -0.05) is 32.9 Å². The lowest BCUT2D eigenvalue weighted by atomic mass is 9.68. The first-order chi connectivity index (χ1) is 17.0. The summed E-state index contributed by atoms with van der Waals surface area (Å²) in [6.07, 6.45) is -3.15. The Morgan fingerprint density at radius 1 is 0.919 bits per heavy atom. The molecular weight excluding hydrogens is 500 g/mol. The second-order valence-corrected chi connectivity index (χ2v) is 15.8. The minimum atomic E-state index is -2.20. The normalized spacial score (nSPS) is 24.2. The summed E-state index contributed by atoms with van der Waals surface area (Å²) in [4.78, 5) is 46.9. The molecule has 2 rings (SSSR count). The number of rotatable bonds is 11. The van der Waals surface area contributed by atoms with Crippen molar-refractivity contribution in [3.05, 3.63) is 29.8 Å². The number of hydrogen-bond donors (Lipinski definition) is 3. The molecule has 1 aromatic carbocycles. The van der Waals surface area contributed by atoms with E-state index in [1.807, 2.05) is 0 Å². The van der Waals surface area contributed by atoms with Crippen LogP contribution in [-0.4, -0.2) is 60.2 Å². The molecule has 0 unspecified atom stereocenters. The first-order valence-electron chi connectivity index (χ1n) is 12.2. The van der Waals surface area contributed by atoms with Gasteiger partial charge < -0.3 is 29.2 Å². The molecule has 1 heterocycles. The van der Waals surface area contributed by atoms with Crippen LogP contribution >= 0.6 is 0 Å². The summed E-state index contributed by atoms with van der Waals surface area (Å²) in [5, 5.41) is 28.8. The molecule has 5 atom stereocenters. The van der Waals surface area contributed by atoms with Gasteiger partial charge in [-0.3, -0.25) is 19.2 Å². The van der Waals surface area contributed by atoms with Crippen molar-refractivity contribution in [2.75, 3.05) is 6.61 Å². The molecule has 11 heteroatoms. The van der Waals surface area contributed by atoms with Crippen molar-refractivity contribution in [2.45, 2.75) is 77.3 Å². The minimum Gasteiger partial charge on any atom is -0.543 e. The van der Waals surface area contributed by atoms with E-state index in [9.17, 15) is 34.5 Å². The van der Waals surface area contributed by atoms with Gasteiger partial charge in [0.1, 0.15) is 12.4 Å². The van der Waals surface area contributed by atoms with Crippen LogP contribution in [0, 0.1) is 17.8 Å². The fourth-order valence-corrected chi connectivity index (χ4v) is 5.57. The smallest absolute Gasteiger partial charge is 0.303 e. The van der Waals surface area contributed by atoms with Gasteiger partial charge >= 0.3 is 23.9 Å². The van der Waals surface area contributed by atoms with Crippen molar-refractivity contribution in [3.8, 4) is 5.75 Å². The molecule has 0 bridgehead atoms. The van der Waals surface area contributed by atoms with Crippen molar-refractivity contribution in [2.24, 2.45) is 17.8 Å². The molecule has 0 saturated carbocycles. The monoisotopic (exact) mass is 538 g/mol. The van der Waals surface area contributed by atoms with E-state index < -0.39 is 81.4 Å². The number of carboxylic acid groups (broad SMARTS) is 3. The van der Waals surface area contributed by atoms with E-state index in [4.69, 9.17) is 13.9 Å². The Bertz CT molecular complexity index is 999. The third kappa shape index (κ3) is 8.29. The van der Waals surface area contributed by atoms with Crippen molar-refractivity contribution >= 4 is 32.2 Å². The molecule has 0 aromatic heterocycles. The van der Waals surface area contributed by atoms with Gasteiger partial charge in [-0.2, -0.15) is 0 Å². The SMILES string of the molecule is CC(=O)OC[C@@H]1O[C@@H](c2cccc(O[Si](C)(C)C(C)(C)C)c2)[C@H](CC(=O)O)[C@@H](CC(=O)O)[C@H]1CC(=O)O. The van der Waals surface area contributed by atoms with E-state index in [0.29, 0.717) is 11.3 Å². The number of carboxylic acids is 3. The molecule has 1 saturated heterocycles. The number of aliphatic carboxylic acids is 3. The predicted molar refractivity (Wildman–Crippen MR) is 136 cm³/mol. The van der Waals surface area contributed by atoms with Crippen LogP contribution in [0.2, 0.25) is 18.1 Å². The van der Waals surface area contributed by atoms with Crippen LogP contribution in [0.5, 0.6) is 5.75 Å². The van der Waals surface area contributed by atoms with Crippen molar-refractivity contribution in [1.29, 1.82) is 0 Å². The summed E-state index contributed by atoms with van der Waals surface area (Å²) in [5.74, 6) is -6.10. The fourth-order valence-electron chi connectivity index (χ4n) is 4.55. The number of esters is 1. The van der Waals surface area contributed by atoms with E-state index >= 15 is 0 Å². The van der Waals surface area contributed by atoms with Gasteiger partial charge in [-0.05, 0) is 41.7 Å². The molecule has 0 aliphatic carbocycles. The lowest BCUT2D eigenvalue weighted by molar-refractivity contribution is -0.189. The molecule has 0 radical (unpaired) electrons. The van der Waals surface area contributed by atoms with Gasteiger partial charge in [0.15, 0.2) is 0 Å². The molecule has 1 aliphatic heterocycles. The van der Waals surface area contributed by atoms with Crippen molar-refractivity contribution in [3.63, 3.8) is 0 Å². The molecule has 37 heavy (non-hydrogen) atoms. The number of benzene rings is 1. The highest BCUT2D eigenvalue weighted by Gasteiger charge is 2.48. The lowest BCUT2D eigenvalue weighted by Gasteiger charge is -2.46. The van der Waals surface area contributed by atoms with Crippen LogP contribution in [0.25, 0.3) is 0 Å². The van der Waals surface area contributed by atoms with Crippen LogP contribution in [0.4, 0.5) is 0 Å². The average Bonchev–Trinajstić information content (AvgIpc) is 2.73. The standard InChI is InChI=1S/C26H38O10Si/c1-15(27)34-14-21-19(12-23(30)31)18(11-22(28)29)20(13-24(32)33)25(35-21)16-8-7-9-17(10-16)36-37(5,6)26(2,3)4/h7-10,18-21,25H,11-14H2,1-6H3,(H,28,29)(H,30,31)(H,32,33)/t18-,19+,20+,21-,25-/m0/s1. The number of ether oxygens (including phenoxy) is 2. The molecule has 3 N–H and O–H groups in total. The third-order valence-electron chi connectivity index (χ3n) is 7.34. The molecular formula is C26H38O10Si. The van der Waals surface area contributed by atoms with Crippen LogP contribution in [0.15, 0.2) is 24.3 Å². The molecule has 1 aliphatic rings. The zero-order chi connectivity index (χ0) is 28.1. The number of carbonyl (C=O) groups is 4. The van der Waals surface area contributed by atoms with Gasteiger partial charge in [0.05, 0.1) is 25.0 Å². The third-order valence-corrected chi connectivity index (χ3v) is 11.7. The van der Waals surface area contributed by atoms with Gasteiger partial charge in [-0.25, -0.2) is 0 Å². The summed E-state index contributed by atoms with van der Waals surface area (Å²) in [5.41, 5.74) is 0.583. The van der Waals surface area contributed by atoms with E-state index in [1.54, 1.807) is 24.3 Å². The Morgan fingerprint density at radius 3 is 1.97 bits per heavy atom. The molecule has 206 valence electrons. The maximum atomic E-state index is 11.9. The Labute approximate surface area is 218 Å². The maximum absolute atomic E-state index is 11.9. The zero-order valence-electron chi connectivity index (χ0n) is 22.2. The highest BCUT2D eigenvalue weighted by Crippen LogP contribution is 2.48. The van der Waals surface area contributed by atoms with E-state index in [2.05, 4.69) is 33.9 Å². The summed E-state index contributed by atoms with van der Waals surface area (Å²) < 4.78 is 17.8. The second-order valence-electron chi connectivity index (χ2n) is 11.1. The fraction of sp³-hybridized carbons (Fsp3) is 0.615. The van der Waals surface area contributed by atoms with Crippen LogP contribution < -0.4 is 4.43 Å². The molecule has 1 fully saturated rings. The molecule has 0 amide bonds. The van der Waals surface area contributed by atoms with Crippen molar-refractivity contribution in [1.82, 2.24) is 0 Å². The van der Waals surface area contributed by atoms with Gasteiger partial charge in [0, 0.05) is 25.2 Å². The molecule has 10 nitrogen and oxygen atoms in total. The zero-order valence-corrected chi connectivity index (χ0v) is 23.2. The Kier molecular flexibility index (Phi) is 9.89. The highest BCUT2D eigenvalue weighted by molar-refractivity contribution is 6.74. The van der Waals surface area contributed by atoms with E-state index in [-0.39, 0.29) is 11.6 Å². The van der Waals surface area contributed by atoms with Crippen LogP contribution in [-0.2, 0) is 28.7 Å². The molecule has 0 spiro atoms.